The third-order valence-electron chi connectivity index (χ3n) is 2.82. The Morgan fingerprint density at radius 2 is 1.89 bits per heavy atom. The van der Waals surface area contributed by atoms with E-state index in [0.717, 1.165) is 0 Å². The maximum atomic E-state index is 11.7. The summed E-state index contributed by atoms with van der Waals surface area (Å²) < 4.78 is 4.92. The van der Waals surface area contributed by atoms with Gasteiger partial charge in [0.05, 0.1) is 10.6 Å². The van der Waals surface area contributed by atoms with Crippen molar-refractivity contribution < 1.29 is 14.3 Å². The first-order valence-corrected chi connectivity index (χ1v) is 6.50. The molecular weight excluding hydrogens is 266 g/mol. The first-order chi connectivity index (χ1) is 8.91. The van der Waals surface area contributed by atoms with Crippen LogP contribution in [0, 0.1) is 5.92 Å². The Morgan fingerprint density at radius 3 is 2.47 bits per heavy atom. The molecule has 0 saturated carbocycles. The molecule has 1 unspecified atom stereocenters. The molecule has 19 heavy (non-hydrogen) atoms. The smallest absolute Gasteiger partial charge is 0.340 e. The average molecular weight is 284 g/mol. The highest BCUT2D eigenvalue weighted by atomic mass is 35.5. The molecule has 0 aliphatic carbocycles. The maximum Gasteiger partial charge on any atom is 0.340 e. The summed E-state index contributed by atoms with van der Waals surface area (Å²) in [5, 5.41) is 3.06. The summed E-state index contributed by atoms with van der Waals surface area (Å²) in [6, 6.07) is 6.59. The topological polar surface area (TPSA) is 55.4 Å². The molecule has 5 heteroatoms. The Hall–Kier alpha value is -1.55. The zero-order chi connectivity index (χ0) is 14.4. The predicted octanol–water partition coefficient (Wildman–Crippen LogP) is 2.66. The van der Waals surface area contributed by atoms with Gasteiger partial charge in [-0.1, -0.05) is 37.6 Å². The highest BCUT2D eigenvalue weighted by Crippen LogP contribution is 2.15. The molecule has 1 atom stereocenters. The van der Waals surface area contributed by atoms with Crippen LogP contribution < -0.4 is 5.32 Å². The second kappa shape index (κ2) is 7.14. The highest BCUT2D eigenvalue weighted by molar-refractivity contribution is 6.33. The lowest BCUT2D eigenvalue weighted by Crippen LogP contribution is -2.38. The number of esters is 1. The van der Waals surface area contributed by atoms with Crippen molar-refractivity contribution in [2.75, 3.05) is 6.61 Å². The van der Waals surface area contributed by atoms with Crippen LogP contribution in [0.25, 0.3) is 0 Å². The van der Waals surface area contributed by atoms with E-state index in [0.29, 0.717) is 10.9 Å². The fourth-order valence-corrected chi connectivity index (χ4v) is 1.51. The number of carbonyl (C=O) groups excluding carboxylic acids is 2. The number of benzene rings is 1. The standard InChI is InChI=1S/C14H18ClNO3/c1-9(2)10(3)16-13(17)8-19-14(18)11-6-4-5-7-12(11)15/h4-7,9-10H,8H2,1-3H3,(H,16,17). The number of halogens is 1. The van der Waals surface area contributed by atoms with Gasteiger partial charge in [-0.15, -0.1) is 0 Å². The summed E-state index contributed by atoms with van der Waals surface area (Å²) in [4.78, 5) is 23.3. The van der Waals surface area contributed by atoms with Crippen LogP contribution in [-0.2, 0) is 9.53 Å². The zero-order valence-corrected chi connectivity index (χ0v) is 12.0. The maximum absolute atomic E-state index is 11.7. The molecule has 1 aromatic carbocycles. The third-order valence-corrected chi connectivity index (χ3v) is 3.15. The lowest BCUT2D eigenvalue weighted by molar-refractivity contribution is -0.125. The van der Waals surface area contributed by atoms with E-state index in [4.69, 9.17) is 16.3 Å². The third kappa shape index (κ3) is 4.91. The Balaban J connectivity index is 2.47. The molecule has 0 aromatic heterocycles. The molecule has 1 rings (SSSR count). The van der Waals surface area contributed by atoms with E-state index in [9.17, 15) is 9.59 Å². The molecule has 0 radical (unpaired) electrons. The number of hydrogen-bond acceptors (Lipinski definition) is 3. The molecule has 0 aliphatic rings. The van der Waals surface area contributed by atoms with Crippen molar-refractivity contribution in [3.63, 3.8) is 0 Å². The van der Waals surface area contributed by atoms with E-state index in [-0.39, 0.29) is 24.1 Å². The lowest BCUT2D eigenvalue weighted by Gasteiger charge is -2.17. The molecule has 1 aromatic rings. The van der Waals surface area contributed by atoms with Crippen molar-refractivity contribution in [3.8, 4) is 0 Å². The SMILES string of the molecule is CC(C)C(C)NC(=O)COC(=O)c1ccccc1Cl. The first-order valence-electron chi connectivity index (χ1n) is 6.12. The molecule has 0 spiro atoms. The van der Waals surface area contributed by atoms with Gasteiger partial charge in [-0.05, 0) is 25.0 Å². The van der Waals surface area contributed by atoms with Gasteiger partial charge in [0.2, 0.25) is 0 Å². The summed E-state index contributed by atoms with van der Waals surface area (Å²) in [5.41, 5.74) is 0.258. The molecule has 104 valence electrons. The number of amides is 1. The van der Waals surface area contributed by atoms with Crippen LogP contribution in [0.5, 0.6) is 0 Å². The summed E-state index contributed by atoms with van der Waals surface area (Å²) in [5.74, 6) is -0.595. The molecule has 0 heterocycles. The second-order valence-electron chi connectivity index (χ2n) is 4.66. The van der Waals surface area contributed by atoms with E-state index in [1.54, 1.807) is 24.3 Å². The van der Waals surface area contributed by atoms with Crippen molar-refractivity contribution in [1.82, 2.24) is 5.32 Å². The zero-order valence-electron chi connectivity index (χ0n) is 11.3. The Bertz CT molecular complexity index is 460. The lowest BCUT2D eigenvalue weighted by atomic mass is 10.1. The molecule has 0 bridgehead atoms. The van der Waals surface area contributed by atoms with Gasteiger partial charge in [0, 0.05) is 6.04 Å². The van der Waals surface area contributed by atoms with Gasteiger partial charge in [-0.3, -0.25) is 4.79 Å². The van der Waals surface area contributed by atoms with E-state index in [2.05, 4.69) is 5.32 Å². The van der Waals surface area contributed by atoms with Crippen LogP contribution in [0.3, 0.4) is 0 Å². The largest absolute Gasteiger partial charge is 0.452 e. The van der Waals surface area contributed by atoms with Crippen LogP contribution >= 0.6 is 11.6 Å². The summed E-state index contributed by atoms with van der Waals surface area (Å²) in [7, 11) is 0. The number of ether oxygens (including phenoxy) is 1. The van der Waals surface area contributed by atoms with Gasteiger partial charge in [0.1, 0.15) is 0 Å². The molecule has 4 nitrogen and oxygen atoms in total. The van der Waals surface area contributed by atoms with Crippen molar-refractivity contribution in [2.24, 2.45) is 5.92 Å². The predicted molar refractivity (Wildman–Crippen MR) is 74.2 cm³/mol. The van der Waals surface area contributed by atoms with Gasteiger partial charge in [-0.25, -0.2) is 4.79 Å². The molecule has 0 fully saturated rings. The van der Waals surface area contributed by atoms with Crippen LogP contribution in [0.2, 0.25) is 5.02 Å². The van der Waals surface area contributed by atoms with Crippen LogP contribution in [0.1, 0.15) is 31.1 Å². The molecule has 0 saturated heterocycles. The molecule has 0 aliphatic heterocycles. The van der Waals surface area contributed by atoms with E-state index in [1.165, 1.54) is 0 Å². The number of nitrogens with one attached hydrogen (secondary N) is 1. The van der Waals surface area contributed by atoms with Crippen molar-refractivity contribution in [3.05, 3.63) is 34.9 Å². The second-order valence-corrected chi connectivity index (χ2v) is 5.06. The molecular formula is C14H18ClNO3. The minimum absolute atomic E-state index is 0.0338. The quantitative estimate of drug-likeness (QED) is 0.845. The first kappa shape index (κ1) is 15.5. The van der Waals surface area contributed by atoms with Crippen molar-refractivity contribution in [2.45, 2.75) is 26.8 Å². The molecule has 1 amide bonds. The van der Waals surface area contributed by atoms with Crippen LogP contribution in [-0.4, -0.2) is 24.5 Å². The number of carbonyl (C=O) groups is 2. The highest BCUT2D eigenvalue weighted by Gasteiger charge is 2.15. The van der Waals surface area contributed by atoms with Crippen LogP contribution in [0.4, 0.5) is 0 Å². The van der Waals surface area contributed by atoms with E-state index in [1.807, 2.05) is 20.8 Å². The number of rotatable bonds is 5. The van der Waals surface area contributed by atoms with Crippen LogP contribution in [0.15, 0.2) is 24.3 Å². The fraction of sp³-hybridized carbons (Fsp3) is 0.429. The van der Waals surface area contributed by atoms with Gasteiger partial charge in [-0.2, -0.15) is 0 Å². The monoisotopic (exact) mass is 283 g/mol. The van der Waals surface area contributed by atoms with Crippen molar-refractivity contribution in [1.29, 1.82) is 0 Å². The van der Waals surface area contributed by atoms with Gasteiger partial charge < -0.3 is 10.1 Å². The minimum Gasteiger partial charge on any atom is -0.452 e. The summed E-state index contributed by atoms with van der Waals surface area (Å²) in [6.45, 7) is 5.60. The van der Waals surface area contributed by atoms with Gasteiger partial charge in [0.25, 0.3) is 5.91 Å². The summed E-state index contributed by atoms with van der Waals surface area (Å²) in [6.07, 6.45) is 0. The van der Waals surface area contributed by atoms with E-state index < -0.39 is 5.97 Å². The number of hydrogen-bond donors (Lipinski definition) is 1. The van der Waals surface area contributed by atoms with Gasteiger partial charge in [0.15, 0.2) is 6.61 Å². The Kier molecular flexibility index (Phi) is 5.83. The summed E-state index contributed by atoms with van der Waals surface area (Å²) >= 11 is 5.86. The fourth-order valence-electron chi connectivity index (χ4n) is 1.30. The normalized spacial score (nSPS) is 12.1. The van der Waals surface area contributed by atoms with E-state index >= 15 is 0 Å². The minimum atomic E-state index is -0.599. The molecule has 1 N–H and O–H groups in total. The van der Waals surface area contributed by atoms with Crippen molar-refractivity contribution >= 4 is 23.5 Å². The Morgan fingerprint density at radius 1 is 1.26 bits per heavy atom. The van der Waals surface area contributed by atoms with Gasteiger partial charge >= 0.3 is 5.97 Å². The average Bonchev–Trinajstić information content (AvgIpc) is 2.36. The Labute approximate surface area is 118 Å².